The summed E-state index contributed by atoms with van der Waals surface area (Å²) in [7, 11) is -3.64. The van der Waals surface area contributed by atoms with Crippen molar-refractivity contribution in [3.05, 3.63) is 48.4 Å². The fourth-order valence-electron chi connectivity index (χ4n) is 1.63. The molecule has 7 nitrogen and oxygen atoms in total. The van der Waals surface area contributed by atoms with Crippen LogP contribution in [0.25, 0.3) is 0 Å². The van der Waals surface area contributed by atoms with Gasteiger partial charge in [-0.15, -0.1) is 0 Å². The number of rotatable bonds is 5. The van der Waals surface area contributed by atoms with Crippen LogP contribution in [0.4, 0.5) is 5.82 Å². The summed E-state index contributed by atoms with van der Waals surface area (Å²) in [6.45, 7) is 1.75. The fraction of sp³-hybridized carbons (Fsp3) is 0.167. The van der Waals surface area contributed by atoms with Gasteiger partial charge in [0.05, 0.1) is 0 Å². The van der Waals surface area contributed by atoms with Crippen molar-refractivity contribution in [3.63, 3.8) is 0 Å². The molecule has 0 aliphatic carbocycles. The highest BCUT2D eigenvalue weighted by atomic mass is 32.2. The van der Waals surface area contributed by atoms with E-state index in [1.54, 1.807) is 31.5 Å². The molecule has 0 aliphatic rings. The highest BCUT2D eigenvalue weighted by Gasteiger charge is 2.18. The molecule has 20 heavy (non-hydrogen) atoms. The van der Waals surface area contributed by atoms with E-state index in [1.165, 1.54) is 18.3 Å². The molecule has 2 aromatic rings. The monoisotopic (exact) mass is 293 g/mol. The van der Waals surface area contributed by atoms with Crippen molar-refractivity contribution in [2.75, 3.05) is 5.43 Å². The highest BCUT2D eigenvalue weighted by Crippen LogP contribution is 2.16. The number of sulfonamides is 1. The van der Waals surface area contributed by atoms with E-state index in [0.29, 0.717) is 5.82 Å². The maximum atomic E-state index is 12.2. The van der Waals surface area contributed by atoms with Gasteiger partial charge in [0.15, 0.2) is 0 Å². The van der Waals surface area contributed by atoms with E-state index in [0.717, 1.165) is 5.56 Å². The first kappa shape index (κ1) is 14.4. The number of nitrogens with zero attached hydrogens (tertiary/aromatic N) is 2. The van der Waals surface area contributed by atoms with E-state index in [4.69, 9.17) is 5.84 Å². The second-order valence-electron chi connectivity index (χ2n) is 4.15. The molecule has 1 unspecified atom stereocenters. The van der Waals surface area contributed by atoms with Crippen LogP contribution in [0.5, 0.6) is 0 Å². The van der Waals surface area contributed by atoms with Crippen LogP contribution >= 0.6 is 0 Å². The Hall–Kier alpha value is -2.03. The van der Waals surface area contributed by atoms with Crippen molar-refractivity contribution in [1.29, 1.82) is 0 Å². The van der Waals surface area contributed by atoms with Crippen LogP contribution in [-0.2, 0) is 10.0 Å². The molecule has 2 rings (SSSR count). The Morgan fingerprint density at radius 3 is 2.60 bits per heavy atom. The minimum atomic E-state index is -3.64. The Bertz CT molecular complexity index is 658. The van der Waals surface area contributed by atoms with Crippen molar-refractivity contribution in [1.82, 2.24) is 14.7 Å². The largest absolute Gasteiger partial charge is 0.308 e. The SMILES string of the molecule is CC(NS(=O)(=O)c1ccc(NN)nc1)c1cccnc1. The molecule has 0 bridgehead atoms. The molecule has 106 valence electrons. The van der Waals surface area contributed by atoms with Crippen molar-refractivity contribution in [2.45, 2.75) is 17.9 Å². The molecule has 0 aromatic carbocycles. The molecule has 2 aromatic heterocycles. The van der Waals surface area contributed by atoms with Crippen molar-refractivity contribution >= 4 is 15.8 Å². The zero-order valence-corrected chi connectivity index (χ0v) is 11.6. The van der Waals surface area contributed by atoms with E-state index in [-0.39, 0.29) is 10.9 Å². The summed E-state index contributed by atoms with van der Waals surface area (Å²) in [5.41, 5.74) is 3.12. The van der Waals surface area contributed by atoms with Gasteiger partial charge in [-0.3, -0.25) is 4.98 Å². The first-order valence-electron chi connectivity index (χ1n) is 5.88. The summed E-state index contributed by atoms with van der Waals surface area (Å²) in [4.78, 5) is 7.91. The van der Waals surface area contributed by atoms with Gasteiger partial charge in [0.25, 0.3) is 0 Å². The third-order valence-corrected chi connectivity index (χ3v) is 4.24. The molecule has 1 atom stereocenters. The van der Waals surface area contributed by atoms with Crippen molar-refractivity contribution in [2.24, 2.45) is 5.84 Å². The summed E-state index contributed by atoms with van der Waals surface area (Å²) >= 11 is 0. The lowest BCUT2D eigenvalue weighted by molar-refractivity contribution is 0.566. The summed E-state index contributed by atoms with van der Waals surface area (Å²) in [6, 6.07) is 6.09. The average Bonchev–Trinajstić information content (AvgIpc) is 2.48. The van der Waals surface area contributed by atoms with E-state index < -0.39 is 10.0 Å². The number of nitrogens with one attached hydrogen (secondary N) is 2. The second kappa shape index (κ2) is 5.95. The minimum Gasteiger partial charge on any atom is -0.308 e. The molecule has 2 heterocycles. The van der Waals surface area contributed by atoms with Crippen LogP contribution in [0.1, 0.15) is 18.5 Å². The molecular formula is C12H15N5O2S. The molecule has 0 aliphatic heterocycles. The third-order valence-electron chi connectivity index (χ3n) is 2.71. The predicted octanol–water partition coefficient (Wildman–Crippen LogP) is 0.802. The maximum absolute atomic E-state index is 12.2. The smallest absolute Gasteiger partial charge is 0.242 e. The average molecular weight is 293 g/mol. The highest BCUT2D eigenvalue weighted by molar-refractivity contribution is 7.89. The van der Waals surface area contributed by atoms with Gasteiger partial charge in [0, 0.05) is 24.6 Å². The molecular weight excluding hydrogens is 278 g/mol. The van der Waals surface area contributed by atoms with Gasteiger partial charge in [0.1, 0.15) is 10.7 Å². The summed E-state index contributed by atoms with van der Waals surface area (Å²) in [5, 5.41) is 0. The van der Waals surface area contributed by atoms with Crippen LogP contribution in [0.15, 0.2) is 47.8 Å². The second-order valence-corrected chi connectivity index (χ2v) is 5.87. The number of hydrogen-bond acceptors (Lipinski definition) is 6. The van der Waals surface area contributed by atoms with Gasteiger partial charge >= 0.3 is 0 Å². The predicted molar refractivity (Wildman–Crippen MR) is 75.0 cm³/mol. The lowest BCUT2D eigenvalue weighted by atomic mass is 10.2. The Labute approximate surface area is 117 Å². The summed E-state index contributed by atoms with van der Waals surface area (Å²) in [5.74, 6) is 5.57. The fourth-order valence-corrected chi connectivity index (χ4v) is 2.80. The molecule has 0 radical (unpaired) electrons. The number of hydrazine groups is 1. The van der Waals surface area contributed by atoms with E-state index >= 15 is 0 Å². The number of aromatic nitrogens is 2. The zero-order valence-electron chi connectivity index (χ0n) is 10.8. The molecule has 0 spiro atoms. The van der Waals surface area contributed by atoms with Gasteiger partial charge in [-0.1, -0.05) is 6.07 Å². The summed E-state index contributed by atoms with van der Waals surface area (Å²) in [6.07, 6.45) is 4.49. The number of nitrogen functional groups attached to an aromatic ring is 1. The molecule has 4 N–H and O–H groups in total. The number of hydrogen-bond donors (Lipinski definition) is 3. The number of pyridine rings is 2. The minimum absolute atomic E-state index is 0.0761. The van der Waals surface area contributed by atoms with Gasteiger partial charge in [0.2, 0.25) is 10.0 Å². The quantitative estimate of drug-likeness (QED) is 0.555. The van der Waals surface area contributed by atoms with Crippen LogP contribution in [0.2, 0.25) is 0 Å². The number of nitrogens with two attached hydrogens (primary N) is 1. The van der Waals surface area contributed by atoms with Crippen LogP contribution in [0, 0.1) is 0 Å². The first-order chi connectivity index (χ1) is 9.53. The topological polar surface area (TPSA) is 110 Å². The van der Waals surface area contributed by atoms with Gasteiger partial charge in [-0.2, -0.15) is 0 Å². The third kappa shape index (κ3) is 3.29. The molecule has 0 amide bonds. The Morgan fingerprint density at radius 1 is 1.25 bits per heavy atom. The number of anilines is 1. The van der Waals surface area contributed by atoms with Gasteiger partial charge < -0.3 is 5.43 Å². The lowest BCUT2D eigenvalue weighted by Crippen LogP contribution is -2.27. The maximum Gasteiger partial charge on any atom is 0.242 e. The Kier molecular flexibility index (Phi) is 4.28. The zero-order chi connectivity index (χ0) is 14.6. The normalized spacial score (nSPS) is 12.9. The molecule has 0 saturated heterocycles. The standard InChI is InChI=1S/C12H15N5O2S/c1-9(10-3-2-6-14-7-10)17-20(18,19)11-4-5-12(16-13)15-8-11/h2-9,17H,13H2,1H3,(H,15,16). The lowest BCUT2D eigenvalue weighted by Gasteiger charge is -2.14. The van der Waals surface area contributed by atoms with Crippen LogP contribution < -0.4 is 16.0 Å². The van der Waals surface area contributed by atoms with Gasteiger partial charge in [-0.25, -0.2) is 24.0 Å². The molecule has 0 fully saturated rings. The van der Waals surface area contributed by atoms with E-state index in [1.807, 2.05) is 0 Å². The van der Waals surface area contributed by atoms with Crippen LogP contribution in [-0.4, -0.2) is 18.4 Å². The Morgan fingerprint density at radius 2 is 2.05 bits per heavy atom. The van der Waals surface area contributed by atoms with Gasteiger partial charge in [-0.05, 0) is 30.7 Å². The van der Waals surface area contributed by atoms with E-state index in [2.05, 4.69) is 20.1 Å². The Balaban J connectivity index is 2.18. The first-order valence-corrected chi connectivity index (χ1v) is 7.36. The van der Waals surface area contributed by atoms with E-state index in [9.17, 15) is 8.42 Å². The van der Waals surface area contributed by atoms with Crippen molar-refractivity contribution in [3.8, 4) is 0 Å². The van der Waals surface area contributed by atoms with Crippen LogP contribution in [0.3, 0.4) is 0 Å². The molecule has 0 saturated carbocycles. The molecule has 8 heteroatoms. The summed E-state index contributed by atoms with van der Waals surface area (Å²) < 4.78 is 27.0. The van der Waals surface area contributed by atoms with Crippen molar-refractivity contribution < 1.29 is 8.42 Å².